The van der Waals surface area contributed by atoms with Crippen LogP contribution < -0.4 is 10.5 Å². The minimum Gasteiger partial charge on any atom is -0.326 e. The summed E-state index contributed by atoms with van der Waals surface area (Å²) in [6, 6.07) is 1.82. The highest BCUT2D eigenvalue weighted by Gasteiger charge is 2.33. The first-order chi connectivity index (χ1) is 9.61. The second-order valence-electron chi connectivity index (χ2n) is 5.00. The fourth-order valence-electron chi connectivity index (χ4n) is 1.87. The first-order valence-corrected chi connectivity index (χ1v) is 8.09. The van der Waals surface area contributed by atoms with E-state index in [4.69, 9.17) is 17.3 Å². The molecule has 0 aliphatic heterocycles. The quantitative estimate of drug-likeness (QED) is 0.863. The van der Waals surface area contributed by atoms with Crippen LogP contribution in [0.3, 0.4) is 0 Å². The summed E-state index contributed by atoms with van der Waals surface area (Å²) in [4.78, 5) is -0.389. The summed E-state index contributed by atoms with van der Waals surface area (Å²) in [6.45, 7) is 0.0321. The van der Waals surface area contributed by atoms with Gasteiger partial charge >= 0.3 is 6.18 Å². The average molecular weight is 343 g/mol. The Morgan fingerprint density at radius 2 is 2.00 bits per heavy atom. The molecule has 0 bridgehead atoms. The average Bonchev–Trinajstić information content (AvgIpc) is 3.18. The monoisotopic (exact) mass is 342 g/mol. The van der Waals surface area contributed by atoms with Crippen LogP contribution >= 0.6 is 11.6 Å². The number of benzene rings is 1. The van der Waals surface area contributed by atoms with Crippen molar-refractivity contribution in [1.82, 2.24) is 4.72 Å². The Hall–Kier alpha value is -0.830. The lowest BCUT2D eigenvalue weighted by molar-refractivity contribution is -0.137. The van der Waals surface area contributed by atoms with Gasteiger partial charge in [-0.05, 0) is 37.0 Å². The highest BCUT2D eigenvalue weighted by molar-refractivity contribution is 7.89. The fraction of sp³-hybridized carbons (Fsp3) is 0.500. The molecule has 1 aliphatic rings. The molecule has 3 N–H and O–H groups in total. The summed E-state index contributed by atoms with van der Waals surface area (Å²) < 4.78 is 63.9. The van der Waals surface area contributed by atoms with E-state index in [2.05, 4.69) is 4.72 Å². The van der Waals surface area contributed by atoms with Crippen molar-refractivity contribution in [2.75, 3.05) is 6.54 Å². The summed E-state index contributed by atoms with van der Waals surface area (Å²) in [5.41, 5.74) is 4.78. The molecule has 1 atom stereocenters. The lowest BCUT2D eigenvalue weighted by atomic mass is 10.2. The van der Waals surface area contributed by atoms with Gasteiger partial charge in [-0.3, -0.25) is 0 Å². The summed E-state index contributed by atoms with van der Waals surface area (Å²) >= 11 is 5.66. The van der Waals surface area contributed by atoms with Gasteiger partial charge in [-0.1, -0.05) is 11.6 Å². The van der Waals surface area contributed by atoms with Gasteiger partial charge in [0, 0.05) is 12.6 Å². The van der Waals surface area contributed by atoms with Crippen molar-refractivity contribution in [2.45, 2.75) is 30.0 Å². The molecular formula is C12H14ClF3N2O2S. The molecule has 1 aromatic rings. The van der Waals surface area contributed by atoms with Crippen LogP contribution in [0, 0.1) is 5.92 Å². The third-order valence-electron chi connectivity index (χ3n) is 3.29. The SMILES string of the molecule is NC(CNS(=O)(=O)c1ccc(C(F)(F)F)cc1Cl)C1CC1. The van der Waals surface area contributed by atoms with Crippen LogP contribution in [0.4, 0.5) is 13.2 Å². The first kappa shape index (κ1) is 16.5. The zero-order chi connectivity index (χ0) is 15.8. The fourth-order valence-corrected chi connectivity index (χ4v) is 3.49. The first-order valence-electron chi connectivity index (χ1n) is 6.23. The zero-order valence-electron chi connectivity index (χ0n) is 10.8. The molecule has 1 aromatic carbocycles. The van der Waals surface area contributed by atoms with Gasteiger partial charge in [0.2, 0.25) is 10.0 Å². The summed E-state index contributed by atoms with van der Waals surface area (Å²) in [5.74, 6) is 0.302. The largest absolute Gasteiger partial charge is 0.416 e. The smallest absolute Gasteiger partial charge is 0.326 e. The molecule has 0 aromatic heterocycles. The molecule has 118 valence electrons. The van der Waals surface area contributed by atoms with Crippen LogP contribution in [-0.4, -0.2) is 21.0 Å². The third kappa shape index (κ3) is 4.09. The predicted octanol–water partition coefficient (Wildman–Crippen LogP) is 2.37. The third-order valence-corrected chi connectivity index (χ3v) is 5.19. The highest BCUT2D eigenvalue weighted by atomic mass is 35.5. The number of rotatable bonds is 5. The molecule has 1 fully saturated rings. The number of halogens is 4. The van der Waals surface area contributed by atoms with E-state index in [1.807, 2.05) is 0 Å². The number of nitrogens with one attached hydrogen (secondary N) is 1. The van der Waals surface area contributed by atoms with Gasteiger partial charge in [0.15, 0.2) is 0 Å². The molecule has 4 nitrogen and oxygen atoms in total. The van der Waals surface area contributed by atoms with Crippen LogP contribution in [0.2, 0.25) is 5.02 Å². The van der Waals surface area contributed by atoms with Crippen molar-refractivity contribution < 1.29 is 21.6 Å². The summed E-state index contributed by atoms with van der Waals surface area (Å²) in [7, 11) is -3.98. The van der Waals surface area contributed by atoms with Crippen LogP contribution in [0.1, 0.15) is 18.4 Å². The maximum atomic E-state index is 12.5. The molecule has 0 radical (unpaired) electrons. The van der Waals surface area contributed by atoms with Crippen molar-refractivity contribution in [3.63, 3.8) is 0 Å². The van der Waals surface area contributed by atoms with Gasteiger partial charge in [-0.2, -0.15) is 13.2 Å². The van der Waals surface area contributed by atoms with Crippen LogP contribution in [-0.2, 0) is 16.2 Å². The standard InChI is InChI=1S/C12H14ClF3N2O2S/c13-9-5-8(12(14,15)16)3-4-11(9)21(19,20)18-6-10(17)7-1-2-7/h3-5,7,10,18H,1-2,6,17H2. The van der Waals surface area contributed by atoms with Gasteiger partial charge in [0.05, 0.1) is 10.6 Å². The predicted molar refractivity (Wildman–Crippen MR) is 72.3 cm³/mol. The van der Waals surface area contributed by atoms with Crippen molar-refractivity contribution in [3.05, 3.63) is 28.8 Å². The zero-order valence-corrected chi connectivity index (χ0v) is 12.4. The van der Waals surface area contributed by atoms with Crippen LogP contribution in [0.5, 0.6) is 0 Å². The summed E-state index contributed by atoms with van der Waals surface area (Å²) in [6.07, 6.45) is -2.65. The Morgan fingerprint density at radius 1 is 1.38 bits per heavy atom. The van der Waals surface area contributed by atoms with Gasteiger partial charge in [-0.25, -0.2) is 13.1 Å². The molecule has 1 saturated carbocycles. The van der Waals surface area contributed by atoms with E-state index < -0.39 is 26.8 Å². The van der Waals surface area contributed by atoms with E-state index in [1.165, 1.54) is 0 Å². The number of sulfonamides is 1. The van der Waals surface area contributed by atoms with Gasteiger partial charge in [0.25, 0.3) is 0 Å². The van der Waals surface area contributed by atoms with Gasteiger partial charge in [0.1, 0.15) is 4.90 Å². The van der Waals surface area contributed by atoms with E-state index in [9.17, 15) is 21.6 Å². The Morgan fingerprint density at radius 3 is 2.48 bits per heavy atom. The van der Waals surface area contributed by atoms with Crippen molar-refractivity contribution in [2.24, 2.45) is 11.7 Å². The van der Waals surface area contributed by atoms with Gasteiger partial charge in [-0.15, -0.1) is 0 Å². The van der Waals surface area contributed by atoms with Crippen molar-refractivity contribution >= 4 is 21.6 Å². The Labute approximate surface area is 125 Å². The number of hydrogen-bond acceptors (Lipinski definition) is 3. The molecule has 0 saturated heterocycles. The molecule has 2 rings (SSSR count). The van der Waals surface area contributed by atoms with E-state index in [0.29, 0.717) is 18.1 Å². The van der Waals surface area contributed by atoms with Crippen molar-refractivity contribution in [1.29, 1.82) is 0 Å². The molecule has 9 heteroatoms. The molecular weight excluding hydrogens is 329 g/mol. The van der Waals surface area contributed by atoms with E-state index in [1.54, 1.807) is 0 Å². The van der Waals surface area contributed by atoms with Crippen LogP contribution in [0.15, 0.2) is 23.1 Å². The normalized spacial score (nSPS) is 17.8. The molecule has 21 heavy (non-hydrogen) atoms. The van der Waals surface area contributed by atoms with E-state index in [-0.39, 0.29) is 17.5 Å². The number of hydrogen-bond donors (Lipinski definition) is 2. The number of nitrogens with two attached hydrogens (primary N) is 1. The molecule has 0 heterocycles. The van der Waals surface area contributed by atoms with Gasteiger partial charge < -0.3 is 5.73 Å². The maximum Gasteiger partial charge on any atom is 0.416 e. The van der Waals surface area contributed by atoms with E-state index >= 15 is 0 Å². The Bertz CT molecular complexity index is 630. The Balaban J connectivity index is 2.15. The number of alkyl halides is 3. The van der Waals surface area contributed by atoms with E-state index in [0.717, 1.165) is 18.9 Å². The lowest BCUT2D eigenvalue weighted by Crippen LogP contribution is -2.38. The molecule has 0 spiro atoms. The van der Waals surface area contributed by atoms with Crippen LogP contribution in [0.25, 0.3) is 0 Å². The Kier molecular flexibility index (Phi) is 4.53. The second kappa shape index (κ2) is 5.75. The maximum absolute atomic E-state index is 12.5. The highest BCUT2D eigenvalue weighted by Crippen LogP contribution is 2.34. The topological polar surface area (TPSA) is 72.2 Å². The van der Waals surface area contributed by atoms with Crippen molar-refractivity contribution in [3.8, 4) is 0 Å². The molecule has 1 aliphatic carbocycles. The molecule has 1 unspecified atom stereocenters. The summed E-state index contributed by atoms with van der Waals surface area (Å²) in [5, 5.41) is -0.475. The minimum absolute atomic E-state index is 0.0321. The second-order valence-corrected chi connectivity index (χ2v) is 7.14. The lowest BCUT2D eigenvalue weighted by Gasteiger charge is -2.14. The molecule has 0 amide bonds. The minimum atomic E-state index is -4.58.